The molecule has 0 bridgehead atoms. The van der Waals surface area contributed by atoms with Crippen LogP contribution in [0.4, 0.5) is 13.2 Å². The summed E-state index contributed by atoms with van der Waals surface area (Å²) in [5, 5.41) is 4.34. The van der Waals surface area contributed by atoms with Gasteiger partial charge < -0.3 is 15.0 Å². The van der Waals surface area contributed by atoms with Crippen molar-refractivity contribution in [3.63, 3.8) is 0 Å². The maximum absolute atomic E-state index is 12.4. The Balaban J connectivity index is 1.29. The zero-order valence-electron chi connectivity index (χ0n) is 15.8. The van der Waals surface area contributed by atoms with Crippen LogP contribution in [-0.4, -0.2) is 23.7 Å². The summed E-state index contributed by atoms with van der Waals surface area (Å²) in [7, 11) is 0. The third-order valence-electron chi connectivity index (χ3n) is 5.18. The van der Waals surface area contributed by atoms with Crippen molar-refractivity contribution in [1.82, 2.24) is 10.3 Å². The number of hydrogen-bond acceptors (Lipinski definition) is 3. The number of nitrogens with one attached hydrogen (secondary N) is 2. The normalized spacial score (nSPS) is 19.9. The number of benzene rings is 1. The molecule has 2 aromatic heterocycles. The maximum Gasteiger partial charge on any atom is 0.422 e. The molecule has 0 saturated heterocycles. The molecule has 0 spiro atoms. The van der Waals surface area contributed by atoms with Gasteiger partial charge in [-0.25, -0.2) is 0 Å². The van der Waals surface area contributed by atoms with Gasteiger partial charge >= 0.3 is 6.18 Å². The fraction of sp³-hybridized carbons (Fsp3) is 0.381. The van der Waals surface area contributed by atoms with E-state index in [-0.39, 0.29) is 17.0 Å². The molecule has 8 heteroatoms. The zero-order chi connectivity index (χ0) is 20.6. The molecule has 1 amide bonds. The van der Waals surface area contributed by atoms with Gasteiger partial charge in [0.15, 0.2) is 11.7 Å². The SMILES string of the molecule is C[C@@H](NC(=O)C[C@@H]1C[C@H]1c1c[nH]c2ccccc12)c1ccc(OCC(F)(F)F)s1. The van der Waals surface area contributed by atoms with E-state index >= 15 is 0 Å². The van der Waals surface area contributed by atoms with Crippen molar-refractivity contribution >= 4 is 28.1 Å². The van der Waals surface area contributed by atoms with Crippen molar-refractivity contribution in [1.29, 1.82) is 0 Å². The van der Waals surface area contributed by atoms with Crippen LogP contribution in [0.3, 0.4) is 0 Å². The number of fused-ring (bicyclic) bond motifs is 1. The first-order valence-electron chi connectivity index (χ1n) is 9.45. The molecule has 0 aliphatic heterocycles. The summed E-state index contributed by atoms with van der Waals surface area (Å²) in [6, 6.07) is 11.0. The first-order valence-corrected chi connectivity index (χ1v) is 10.3. The highest BCUT2D eigenvalue weighted by atomic mass is 32.1. The molecule has 29 heavy (non-hydrogen) atoms. The second-order valence-corrected chi connectivity index (χ2v) is 8.52. The minimum absolute atomic E-state index is 0.0454. The summed E-state index contributed by atoms with van der Waals surface area (Å²) in [6.45, 7) is 0.506. The molecular formula is C21H21F3N2O2S. The number of halogens is 3. The number of carbonyl (C=O) groups excluding carboxylic acids is 1. The maximum atomic E-state index is 12.4. The van der Waals surface area contributed by atoms with Crippen LogP contribution in [-0.2, 0) is 4.79 Å². The number of aromatic amines is 1. The second kappa shape index (κ2) is 7.74. The summed E-state index contributed by atoms with van der Waals surface area (Å²) < 4.78 is 41.5. The number of H-pyrrole nitrogens is 1. The third kappa shape index (κ3) is 4.75. The smallest absolute Gasteiger partial charge is 0.422 e. The van der Waals surface area contributed by atoms with Gasteiger partial charge in [0.05, 0.1) is 6.04 Å². The van der Waals surface area contributed by atoms with E-state index in [2.05, 4.69) is 16.4 Å². The van der Waals surface area contributed by atoms with Crippen LogP contribution in [0.25, 0.3) is 10.9 Å². The average molecular weight is 422 g/mol. The van der Waals surface area contributed by atoms with Crippen LogP contribution in [0, 0.1) is 5.92 Å². The molecule has 2 N–H and O–H groups in total. The Morgan fingerprint density at radius 2 is 2.10 bits per heavy atom. The van der Waals surface area contributed by atoms with Crippen LogP contribution in [0.5, 0.6) is 5.06 Å². The summed E-state index contributed by atoms with van der Waals surface area (Å²) in [6.07, 6.45) is -0.908. The van der Waals surface area contributed by atoms with Gasteiger partial charge in [0, 0.05) is 28.4 Å². The van der Waals surface area contributed by atoms with E-state index in [9.17, 15) is 18.0 Å². The van der Waals surface area contributed by atoms with Gasteiger partial charge in [-0.3, -0.25) is 4.79 Å². The third-order valence-corrected chi connectivity index (χ3v) is 6.36. The summed E-state index contributed by atoms with van der Waals surface area (Å²) in [5.74, 6) is 0.655. The van der Waals surface area contributed by atoms with E-state index in [4.69, 9.17) is 4.74 Å². The number of para-hydroxylation sites is 1. The summed E-state index contributed by atoms with van der Waals surface area (Å²) >= 11 is 1.12. The molecule has 0 unspecified atom stereocenters. The Morgan fingerprint density at radius 1 is 1.31 bits per heavy atom. The van der Waals surface area contributed by atoms with Gasteiger partial charge in [-0.1, -0.05) is 18.2 Å². The van der Waals surface area contributed by atoms with Gasteiger partial charge in [0.25, 0.3) is 0 Å². The van der Waals surface area contributed by atoms with Gasteiger partial charge in [-0.2, -0.15) is 13.2 Å². The highest BCUT2D eigenvalue weighted by Crippen LogP contribution is 2.51. The molecule has 4 rings (SSSR count). The fourth-order valence-corrected chi connectivity index (χ4v) is 4.52. The number of hydrogen-bond donors (Lipinski definition) is 2. The molecule has 154 valence electrons. The standard InChI is InChI=1S/C21H21F3N2O2S/c1-12(18-6-7-20(29-18)28-11-21(22,23)24)26-19(27)9-13-8-15(13)16-10-25-17-5-3-2-4-14(16)17/h2-7,10,12-13,15,25H,8-9,11H2,1H3,(H,26,27)/t12-,13+,15-/m1/s1. The topological polar surface area (TPSA) is 54.1 Å². The Labute approximate surface area is 170 Å². The molecule has 1 fully saturated rings. The number of amides is 1. The van der Waals surface area contributed by atoms with Crippen LogP contribution >= 0.6 is 11.3 Å². The highest BCUT2D eigenvalue weighted by Gasteiger charge is 2.41. The zero-order valence-corrected chi connectivity index (χ0v) is 16.6. The Hall–Kier alpha value is -2.48. The van der Waals surface area contributed by atoms with Gasteiger partial charge in [-0.15, -0.1) is 11.3 Å². The van der Waals surface area contributed by atoms with Crippen molar-refractivity contribution in [2.45, 2.75) is 37.9 Å². The van der Waals surface area contributed by atoms with Crippen molar-refractivity contribution in [3.05, 3.63) is 53.0 Å². The van der Waals surface area contributed by atoms with Crippen molar-refractivity contribution in [2.75, 3.05) is 6.61 Å². The molecule has 1 saturated carbocycles. The number of thiophene rings is 1. The van der Waals surface area contributed by atoms with Crippen LogP contribution in [0.15, 0.2) is 42.6 Å². The molecule has 1 aromatic carbocycles. The Bertz CT molecular complexity index is 1010. The minimum atomic E-state index is -4.37. The van der Waals surface area contributed by atoms with E-state index in [0.29, 0.717) is 18.3 Å². The van der Waals surface area contributed by atoms with E-state index in [0.717, 1.165) is 28.2 Å². The number of rotatable bonds is 7. The molecule has 0 radical (unpaired) electrons. The molecule has 2 heterocycles. The fourth-order valence-electron chi connectivity index (χ4n) is 3.66. The van der Waals surface area contributed by atoms with Crippen molar-refractivity contribution in [2.24, 2.45) is 5.92 Å². The first kappa shape index (κ1) is 19.8. The minimum Gasteiger partial charge on any atom is -0.475 e. The molecule has 1 aliphatic carbocycles. The lowest BCUT2D eigenvalue weighted by Crippen LogP contribution is -2.26. The summed E-state index contributed by atoms with van der Waals surface area (Å²) in [4.78, 5) is 16.5. The van der Waals surface area contributed by atoms with Gasteiger partial charge in [0.1, 0.15) is 0 Å². The lowest BCUT2D eigenvalue weighted by Gasteiger charge is -2.12. The lowest BCUT2D eigenvalue weighted by molar-refractivity contribution is -0.152. The van der Waals surface area contributed by atoms with E-state index in [1.54, 1.807) is 6.07 Å². The predicted molar refractivity (Wildman–Crippen MR) is 106 cm³/mol. The van der Waals surface area contributed by atoms with Crippen LogP contribution in [0.1, 0.15) is 42.2 Å². The average Bonchev–Trinajstić information content (AvgIpc) is 3.09. The quantitative estimate of drug-likeness (QED) is 0.525. The monoisotopic (exact) mass is 422 g/mol. The molecule has 3 aromatic rings. The van der Waals surface area contributed by atoms with Crippen LogP contribution < -0.4 is 10.1 Å². The van der Waals surface area contributed by atoms with E-state index < -0.39 is 12.8 Å². The Morgan fingerprint density at radius 3 is 2.90 bits per heavy atom. The lowest BCUT2D eigenvalue weighted by atomic mass is 10.1. The highest BCUT2D eigenvalue weighted by molar-refractivity contribution is 7.13. The molecule has 3 atom stereocenters. The second-order valence-electron chi connectivity index (χ2n) is 7.45. The molecule has 4 nitrogen and oxygen atoms in total. The predicted octanol–water partition coefficient (Wildman–Crippen LogP) is 5.54. The largest absolute Gasteiger partial charge is 0.475 e. The van der Waals surface area contributed by atoms with Gasteiger partial charge in [0.2, 0.25) is 5.91 Å². The van der Waals surface area contributed by atoms with Crippen molar-refractivity contribution in [3.8, 4) is 5.06 Å². The van der Waals surface area contributed by atoms with Crippen LogP contribution in [0.2, 0.25) is 0 Å². The first-order chi connectivity index (χ1) is 13.8. The number of ether oxygens (including phenoxy) is 1. The molecule has 1 aliphatic rings. The Kier molecular flexibility index (Phi) is 5.29. The van der Waals surface area contributed by atoms with E-state index in [1.807, 2.05) is 31.3 Å². The molecular weight excluding hydrogens is 401 g/mol. The van der Waals surface area contributed by atoms with E-state index in [1.165, 1.54) is 17.0 Å². The number of aromatic nitrogens is 1. The summed E-state index contributed by atoms with van der Waals surface area (Å²) in [5.41, 5.74) is 2.36. The number of carbonyl (C=O) groups is 1. The van der Waals surface area contributed by atoms with Gasteiger partial charge in [-0.05, 0) is 48.9 Å². The number of alkyl halides is 3. The van der Waals surface area contributed by atoms with Crippen molar-refractivity contribution < 1.29 is 22.7 Å².